The van der Waals surface area contributed by atoms with Crippen LogP contribution in [0.4, 0.5) is 0 Å². The molecular formula is C19H44. The lowest BCUT2D eigenvalue weighted by molar-refractivity contribution is 0.446. The molecule has 0 bridgehead atoms. The van der Waals surface area contributed by atoms with Gasteiger partial charge in [-0.15, -0.1) is 0 Å². The van der Waals surface area contributed by atoms with Crippen LogP contribution in [0.5, 0.6) is 0 Å². The standard InChI is InChI=1S/C10H18.C3H8.3C2H6/c1-2-7-10-8-5-3-4-6-9-10;1-3-2;3*1-2/h3,5,10H,2,4,6-9H2,1H3;3H2,1-2H3;3*1-2H3. The van der Waals surface area contributed by atoms with Gasteiger partial charge in [-0.25, -0.2) is 0 Å². The molecule has 1 aliphatic rings. The van der Waals surface area contributed by atoms with Gasteiger partial charge >= 0.3 is 0 Å². The SMILES string of the molecule is CC.CC.CC.CCC.CCCC1CC=CCCC1. The van der Waals surface area contributed by atoms with Gasteiger partial charge in [-0.3, -0.25) is 0 Å². The molecule has 1 aliphatic carbocycles. The smallest absolute Gasteiger partial charge is 0.0322 e. The van der Waals surface area contributed by atoms with Gasteiger partial charge in [-0.1, -0.05) is 93.7 Å². The van der Waals surface area contributed by atoms with Crippen LogP contribution in [0.1, 0.15) is 107 Å². The van der Waals surface area contributed by atoms with Crippen molar-refractivity contribution >= 4 is 0 Å². The Kier molecular flexibility index (Phi) is 51.5. The van der Waals surface area contributed by atoms with E-state index in [2.05, 4.69) is 32.9 Å². The third kappa shape index (κ3) is 31.9. The van der Waals surface area contributed by atoms with Crippen LogP contribution in [0.15, 0.2) is 12.2 Å². The van der Waals surface area contributed by atoms with Crippen molar-refractivity contribution in [3.05, 3.63) is 12.2 Å². The maximum atomic E-state index is 2.37. The summed E-state index contributed by atoms with van der Waals surface area (Å²) in [6.07, 6.45) is 14.3. The molecule has 19 heavy (non-hydrogen) atoms. The maximum absolute atomic E-state index is 2.37. The summed E-state index contributed by atoms with van der Waals surface area (Å²) in [5, 5.41) is 0. The van der Waals surface area contributed by atoms with Crippen molar-refractivity contribution in [2.75, 3.05) is 0 Å². The molecule has 0 amide bonds. The molecule has 0 N–H and O–H groups in total. The van der Waals surface area contributed by atoms with E-state index in [9.17, 15) is 0 Å². The second-order valence-electron chi connectivity index (χ2n) is 4.00. The average Bonchev–Trinajstić information content (AvgIpc) is 2.75. The minimum atomic E-state index is 1.00. The van der Waals surface area contributed by atoms with Crippen molar-refractivity contribution in [3.63, 3.8) is 0 Å². The number of rotatable bonds is 2. The molecule has 0 saturated carbocycles. The predicted octanol–water partition coefficient (Wildman–Crippen LogP) is 8.03. The summed E-state index contributed by atoms with van der Waals surface area (Å²) in [4.78, 5) is 0. The monoisotopic (exact) mass is 272 g/mol. The van der Waals surface area contributed by atoms with Crippen molar-refractivity contribution in [1.82, 2.24) is 0 Å². The zero-order valence-electron chi connectivity index (χ0n) is 15.7. The van der Waals surface area contributed by atoms with E-state index in [4.69, 9.17) is 0 Å². The molecule has 0 spiro atoms. The fraction of sp³-hybridized carbons (Fsp3) is 0.895. The Morgan fingerprint density at radius 2 is 1.32 bits per heavy atom. The summed E-state index contributed by atoms with van der Waals surface area (Å²) in [7, 11) is 0. The summed E-state index contributed by atoms with van der Waals surface area (Å²) in [5.41, 5.74) is 0. The Bertz CT molecular complexity index is 113. The van der Waals surface area contributed by atoms with Crippen LogP contribution in [0.2, 0.25) is 0 Å². The fourth-order valence-corrected chi connectivity index (χ4v) is 1.72. The summed E-state index contributed by atoms with van der Waals surface area (Å²) >= 11 is 0. The highest BCUT2D eigenvalue weighted by atomic mass is 14.1. The topological polar surface area (TPSA) is 0 Å². The Balaban J connectivity index is -0.000000106. The fourth-order valence-electron chi connectivity index (χ4n) is 1.72. The Morgan fingerprint density at radius 1 is 0.842 bits per heavy atom. The first kappa shape index (κ1) is 27.1. The first-order valence-electron chi connectivity index (χ1n) is 9.00. The summed E-state index contributed by atoms with van der Waals surface area (Å²) in [5.74, 6) is 1.00. The summed E-state index contributed by atoms with van der Waals surface area (Å²) in [6, 6.07) is 0. The Labute approximate surface area is 126 Å². The molecule has 0 aliphatic heterocycles. The van der Waals surface area contributed by atoms with E-state index in [0.717, 1.165) is 5.92 Å². The highest BCUT2D eigenvalue weighted by Crippen LogP contribution is 2.22. The van der Waals surface area contributed by atoms with Gasteiger partial charge in [0, 0.05) is 0 Å². The molecule has 1 rings (SSSR count). The molecule has 0 heteroatoms. The van der Waals surface area contributed by atoms with Gasteiger partial charge in [-0.05, 0) is 31.6 Å². The van der Waals surface area contributed by atoms with Crippen LogP contribution < -0.4 is 0 Å². The zero-order chi connectivity index (χ0) is 15.9. The van der Waals surface area contributed by atoms with E-state index in [-0.39, 0.29) is 0 Å². The van der Waals surface area contributed by atoms with Crippen LogP contribution in [0.3, 0.4) is 0 Å². The molecule has 0 heterocycles. The average molecular weight is 273 g/mol. The molecule has 1 unspecified atom stereocenters. The number of hydrogen-bond donors (Lipinski definition) is 0. The lowest BCUT2D eigenvalue weighted by atomic mass is 9.96. The summed E-state index contributed by atoms with van der Waals surface area (Å²) < 4.78 is 0. The van der Waals surface area contributed by atoms with Gasteiger partial charge in [0.05, 0.1) is 0 Å². The molecule has 0 aromatic heterocycles. The minimum absolute atomic E-state index is 1.00. The lowest BCUT2D eigenvalue weighted by Crippen LogP contribution is -1.96. The minimum Gasteiger partial charge on any atom is -0.0885 e. The molecule has 120 valence electrons. The normalized spacial score (nSPS) is 15.7. The first-order valence-corrected chi connectivity index (χ1v) is 9.00. The van der Waals surface area contributed by atoms with Crippen LogP contribution in [-0.4, -0.2) is 0 Å². The lowest BCUT2D eigenvalue weighted by Gasteiger charge is -2.10. The van der Waals surface area contributed by atoms with E-state index in [0.29, 0.717) is 0 Å². The van der Waals surface area contributed by atoms with E-state index in [1.165, 1.54) is 44.9 Å². The van der Waals surface area contributed by atoms with Gasteiger partial charge in [0.1, 0.15) is 0 Å². The van der Waals surface area contributed by atoms with Crippen LogP contribution in [0, 0.1) is 5.92 Å². The van der Waals surface area contributed by atoms with E-state index in [1.54, 1.807) is 0 Å². The molecule has 0 aromatic rings. The second kappa shape index (κ2) is 36.1. The van der Waals surface area contributed by atoms with Crippen molar-refractivity contribution in [3.8, 4) is 0 Å². The van der Waals surface area contributed by atoms with E-state index < -0.39 is 0 Å². The van der Waals surface area contributed by atoms with Crippen LogP contribution >= 0.6 is 0 Å². The molecule has 0 aromatic carbocycles. The van der Waals surface area contributed by atoms with Gasteiger partial charge in [0.25, 0.3) is 0 Å². The first-order chi connectivity index (χ1) is 9.35. The van der Waals surface area contributed by atoms with Crippen molar-refractivity contribution < 1.29 is 0 Å². The number of hydrogen-bond acceptors (Lipinski definition) is 0. The highest BCUT2D eigenvalue weighted by molar-refractivity contribution is 4.87. The second-order valence-corrected chi connectivity index (χ2v) is 4.00. The maximum Gasteiger partial charge on any atom is -0.0322 e. The van der Waals surface area contributed by atoms with Crippen molar-refractivity contribution in [2.45, 2.75) is 107 Å². The predicted molar refractivity (Wildman–Crippen MR) is 96.0 cm³/mol. The highest BCUT2D eigenvalue weighted by Gasteiger charge is 2.06. The number of allylic oxidation sites excluding steroid dienone is 2. The van der Waals surface area contributed by atoms with Gasteiger partial charge in [0.2, 0.25) is 0 Å². The molecule has 1 atom stereocenters. The third-order valence-corrected chi connectivity index (χ3v) is 2.32. The third-order valence-electron chi connectivity index (χ3n) is 2.32. The quantitative estimate of drug-likeness (QED) is 0.446. The van der Waals surface area contributed by atoms with E-state index >= 15 is 0 Å². The molecule has 0 fully saturated rings. The van der Waals surface area contributed by atoms with Crippen LogP contribution in [-0.2, 0) is 0 Å². The van der Waals surface area contributed by atoms with Crippen LogP contribution in [0.25, 0.3) is 0 Å². The largest absolute Gasteiger partial charge is 0.0885 e. The molecule has 0 radical (unpaired) electrons. The molecular weight excluding hydrogens is 228 g/mol. The van der Waals surface area contributed by atoms with Gasteiger partial charge in [-0.2, -0.15) is 0 Å². The van der Waals surface area contributed by atoms with Gasteiger partial charge < -0.3 is 0 Å². The molecule has 0 nitrogen and oxygen atoms in total. The van der Waals surface area contributed by atoms with E-state index in [1.807, 2.05) is 41.5 Å². The van der Waals surface area contributed by atoms with Crippen molar-refractivity contribution in [2.24, 2.45) is 5.92 Å². The summed E-state index contributed by atoms with van der Waals surface area (Å²) in [6.45, 7) is 18.5. The Morgan fingerprint density at radius 3 is 1.74 bits per heavy atom. The van der Waals surface area contributed by atoms with Crippen molar-refractivity contribution in [1.29, 1.82) is 0 Å². The zero-order valence-corrected chi connectivity index (χ0v) is 15.7. The van der Waals surface area contributed by atoms with Gasteiger partial charge in [0.15, 0.2) is 0 Å². The molecule has 0 saturated heterocycles. The Hall–Kier alpha value is -0.260.